The first-order valence-electron chi connectivity index (χ1n) is 7.11. The molecule has 27 heavy (non-hydrogen) atoms. The molecule has 0 fully saturated rings. The van der Waals surface area contributed by atoms with Crippen LogP contribution in [-0.4, -0.2) is 36.2 Å². The fourth-order valence-corrected chi connectivity index (χ4v) is 4.82. The Bertz CT molecular complexity index is 1350. The molecule has 0 aromatic heterocycles. The third-order valence-corrected chi connectivity index (χ3v) is 6.12. The van der Waals surface area contributed by atoms with Crippen LogP contribution in [0.1, 0.15) is 1.43 Å². The molecule has 4 N–H and O–H groups in total. The van der Waals surface area contributed by atoms with Gasteiger partial charge in [-0.15, -0.1) is 0 Å². The molecule has 4 rings (SSSR count). The normalized spacial score (nSPS) is 12.7. The molecule has 11 heteroatoms. The van der Waals surface area contributed by atoms with Crippen LogP contribution in [0.4, 0.5) is 0 Å². The van der Waals surface area contributed by atoms with E-state index in [0.717, 1.165) is 6.07 Å². The van der Waals surface area contributed by atoms with E-state index < -0.39 is 30.0 Å². The van der Waals surface area contributed by atoms with Gasteiger partial charge in [0.2, 0.25) is 0 Å². The molecular formula is C16H11NaO8S2. The quantitative estimate of drug-likeness (QED) is 0.195. The zero-order valence-corrected chi connectivity index (χ0v) is 17.3. The van der Waals surface area contributed by atoms with Crippen LogP contribution in [0.5, 0.6) is 11.5 Å². The van der Waals surface area contributed by atoms with Crippen molar-refractivity contribution in [2.75, 3.05) is 0 Å². The van der Waals surface area contributed by atoms with Crippen LogP contribution in [0, 0.1) is 0 Å². The molecule has 8 nitrogen and oxygen atoms in total. The first-order chi connectivity index (χ1) is 12.0. The Morgan fingerprint density at radius 2 is 0.963 bits per heavy atom. The molecule has 0 radical (unpaired) electrons. The summed E-state index contributed by atoms with van der Waals surface area (Å²) < 4.78 is 66.1. The van der Waals surface area contributed by atoms with Crippen molar-refractivity contribution in [2.45, 2.75) is 9.79 Å². The largest absolute Gasteiger partial charge is 1.00 e. The van der Waals surface area contributed by atoms with Crippen molar-refractivity contribution < 1.29 is 67.1 Å². The van der Waals surface area contributed by atoms with E-state index >= 15 is 0 Å². The van der Waals surface area contributed by atoms with E-state index in [9.17, 15) is 36.2 Å². The van der Waals surface area contributed by atoms with Gasteiger partial charge in [-0.1, -0.05) is 12.1 Å². The van der Waals surface area contributed by atoms with Crippen LogP contribution in [-0.2, 0) is 20.2 Å². The van der Waals surface area contributed by atoms with E-state index in [4.69, 9.17) is 0 Å². The van der Waals surface area contributed by atoms with Crippen molar-refractivity contribution in [3.8, 4) is 11.5 Å². The number of hydrogen-bond acceptors (Lipinski definition) is 6. The third-order valence-electron chi connectivity index (χ3n) is 4.33. The van der Waals surface area contributed by atoms with E-state index in [2.05, 4.69) is 0 Å². The van der Waals surface area contributed by atoms with Gasteiger partial charge in [-0.3, -0.25) is 9.11 Å². The summed E-state index contributed by atoms with van der Waals surface area (Å²) in [5.41, 5.74) is 0. The molecule has 0 saturated carbocycles. The molecule has 0 aliphatic rings. The van der Waals surface area contributed by atoms with Crippen molar-refractivity contribution in [1.82, 2.24) is 0 Å². The van der Waals surface area contributed by atoms with E-state index in [0.29, 0.717) is 6.07 Å². The van der Waals surface area contributed by atoms with Gasteiger partial charge in [0.05, 0.1) is 0 Å². The summed E-state index contributed by atoms with van der Waals surface area (Å²) >= 11 is 0. The Hall–Kier alpha value is -1.66. The van der Waals surface area contributed by atoms with Gasteiger partial charge in [0.25, 0.3) is 20.2 Å². The first-order valence-corrected chi connectivity index (χ1v) is 9.99. The first kappa shape index (κ1) is 20.1. The minimum Gasteiger partial charge on any atom is -1.00 e. The standard InChI is InChI=1S/C16H10O8S2.Na.H/c17-11-5-12(18)8-2-4-10-14(26(22,23)24)6-13(25(19,20)21)9-3-1-7(11)15(8)16(9)10;;/h1-6,17-18H,(H,19,20,21)(H,22,23,24);;/q;+1;-1. The smallest absolute Gasteiger partial charge is 1.00 e. The Labute approximate surface area is 176 Å². The molecule has 0 bridgehead atoms. The van der Waals surface area contributed by atoms with Gasteiger partial charge in [0.15, 0.2) is 0 Å². The SMILES string of the molecule is O=S(=O)(O)c1cc(S(=O)(=O)O)c2ccc3c(O)cc(O)c4ccc1c2c43.[H-].[Na+]. The number of phenols is 2. The predicted octanol–water partition coefficient (Wildman–Crippen LogP) is -0.395. The Morgan fingerprint density at radius 1 is 0.630 bits per heavy atom. The van der Waals surface area contributed by atoms with Crippen molar-refractivity contribution >= 4 is 52.6 Å². The number of phenolic OH excluding ortho intramolecular Hbond substituents is 2. The van der Waals surface area contributed by atoms with E-state index in [1.54, 1.807) is 0 Å². The fraction of sp³-hybridized carbons (Fsp3) is 0. The van der Waals surface area contributed by atoms with Crippen LogP contribution in [0.2, 0.25) is 0 Å². The minimum atomic E-state index is -4.83. The summed E-state index contributed by atoms with van der Waals surface area (Å²) in [6.07, 6.45) is 0. The summed E-state index contributed by atoms with van der Waals surface area (Å²) in [6, 6.07) is 7.16. The van der Waals surface area contributed by atoms with Gasteiger partial charge in [-0.05, 0) is 18.2 Å². The zero-order chi connectivity index (χ0) is 19.0. The Balaban J connectivity index is 0.00000140. The molecule has 0 amide bonds. The Kier molecular flexibility index (Phi) is 4.59. The van der Waals surface area contributed by atoms with Gasteiger partial charge in [-0.25, -0.2) is 0 Å². The van der Waals surface area contributed by atoms with Crippen molar-refractivity contribution in [2.24, 2.45) is 0 Å². The summed E-state index contributed by atoms with van der Waals surface area (Å²) in [7, 11) is -9.66. The number of benzene rings is 4. The molecule has 0 spiro atoms. The van der Waals surface area contributed by atoms with Gasteiger partial charge >= 0.3 is 29.6 Å². The molecule has 0 heterocycles. The monoisotopic (exact) mass is 418 g/mol. The molecule has 4 aromatic rings. The molecule has 0 aliphatic heterocycles. The van der Waals surface area contributed by atoms with Crippen LogP contribution in [0.15, 0.2) is 46.2 Å². The average Bonchev–Trinajstić information content (AvgIpc) is 2.52. The molecule has 0 saturated heterocycles. The summed E-state index contributed by atoms with van der Waals surface area (Å²) in [5.74, 6) is -0.592. The molecule has 0 aliphatic carbocycles. The average molecular weight is 418 g/mol. The van der Waals surface area contributed by atoms with E-state index in [1.807, 2.05) is 0 Å². The molecule has 0 atom stereocenters. The van der Waals surface area contributed by atoms with Crippen molar-refractivity contribution in [3.63, 3.8) is 0 Å². The molecule has 0 unspecified atom stereocenters. The van der Waals surface area contributed by atoms with Gasteiger partial charge in [-0.2, -0.15) is 16.8 Å². The van der Waals surface area contributed by atoms with Crippen LogP contribution in [0.3, 0.4) is 0 Å². The van der Waals surface area contributed by atoms with Gasteiger partial charge in [0.1, 0.15) is 21.3 Å². The van der Waals surface area contributed by atoms with E-state index in [1.165, 1.54) is 24.3 Å². The molecular weight excluding hydrogens is 407 g/mol. The summed E-state index contributed by atoms with van der Waals surface area (Å²) in [6.45, 7) is 0. The van der Waals surface area contributed by atoms with Crippen LogP contribution < -0.4 is 29.6 Å². The maximum Gasteiger partial charge on any atom is 1.00 e. The number of rotatable bonds is 2. The fourth-order valence-electron chi connectivity index (χ4n) is 3.32. The second-order valence-corrected chi connectivity index (χ2v) is 8.59. The van der Waals surface area contributed by atoms with Crippen LogP contribution >= 0.6 is 0 Å². The molecule has 136 valence electrons. The van der Waals surface area contributed by atoms with E-state index in [-0.39, 0.29) is 74.8 Å². The maximum absolute atomic E-state index is 11.8. The minimum absolute atomic E-state index is 0. The summed E-state index contributed by atoms with van der Waals surface area (Å²) in [5, 5.41) is 20.9. The molecule has 4 aromatic carbocycles. The van der Waals surface area contributed by atoms with Crippen molar-refractivity contribution in [1.29, 1.82) is 0 Å². The Morgan fingerprint density at radius 3 is 1.33 bits per heavy atom. The zero-order valence-electron chi connectivity index (χ0n) is 14.7. The maximum atomic E-state index is 11.8. The summed E-state index contributed by atoms with van der Waals surface area (Å²) in [4.78, 5) is -1.43. The van der Waals surface area contributed by atoms with Crippen LogP contribution in [0.25, 0.3) is 32.3 Å². The van der Waals surface area contributed by atoms with Crippen molar-refractivity contribution in [3.05, 3.63) is 36.4 Å². The third kappa shape index (κ3) is 2.93. The number of hydrogen-bond donors (Lipinski definition) is 4. The second-order valence-electron chi connectivity index (χ2n) is 5.81. The second kappa shape index (κ2) is 6.17. The topological polar surface area (TPSA) is 149 Å². The van der Waals surface area contributed by atoms with Gasteiger partial charge < -0.3 is 11.6 Å². The van der Waals surface area contributed by atoms with Gasteiger partial charge in [0, 0.05) is 38.4 Å². The predicted molar refractivity (Wildman–Crippen MR) is 94.2 cm³/mol. The number of aromatic hydroxyl groups is 2.